The summed E-state index contributed by atoms with van der Waals surface area (Å²) in [7, 11) is 0. The van der Waals surface area contributed by atoms with Gasteiger partial charge in [0.2, 0.25) is 0 Å². The molecule has 9 N–H and O–H groups in total. The van der Waals surface area contributed by atoms with E-state index in [9.17, 15) is 60.3 Å². The van der Waals surface area contributed by atoms with Crippen LogP contribution in [0.5, 0.6) is 0 Å². The van der Waals surface area contributed by atoms with Crippen molar-refractivity contribution in [2.24, 2.45) is 0 Å². The molecule has 1 unspecified atom stereocenters. The van der Waals surface area contributed by atoms with E-state index >= 15 is 0 Å². The number of rotatable bonds is 23. The summed E-state index contributed by atoms with van der Waals surface area (Å²) in [5.74, 6) is -2.23. The molecule has 0 aromatic heterocycles. The van der Waals surface area contributed by atoms with Gasteiger partial charge < -0.3 is 108 Å². The largest absolute Gasteiger partial charge is 0.457 e. The zero-order valence-corrected chi connectivity index (χ0v) is 51.0. The maximum Gasteiger partial charge on any atom is 0.306 e. The minimum absolute atomic E-state index is 0.0132. The molecule has 0 amide bonds. The van der Waals surface area contributed by atoms with Crippen molar-refractivity contribution >= 4 is 17.9 Å². The highest BCUT2D eigenvalue weighted by atomic mass is 16.8. The number of hydrogen-bond donors (Lipinski definition) is 9. The van der Waals surface area contributed by atoms with Crippen LogP contribution in [0.1, 0.15) is 196 Å². The molecule has 6 saturated heterocycles. The van der Waals surface area contributed by atoms with E-state index in [0.29, 0.717) is 12.8 Å². The number of aliphatic hydroxyl groups is 9. The van der Waals surface area contributed by atoms with Crippen LogP contribution in [0.2, 0.25) is 0 Å². The van der Waals surface area contributed by atoms with Gasteiger partial charge in [-0.3, -0.25) is 14.4 Å². The molecule has 0 spiro atoms. The molecule has 25 heteroatoms. The molecule has 0 aromatic carbocycles. The van der Waals surface area contributed by atoms with Crippen molar-refractivity contribution in [1.82, 2.24) is 0 Å². The minimum atomic E-state index is -1.95. The molecule has 6 fully saturated rings. The number of carbonyl (C=O) groups excluding carboxylic acids is 3. The number of unbranched alkanes of at least 4 members (excludes halogenated alkanes) is 10. The summed E-state index contributed by atoms with van der Waals surface area (Å²) in [5.41, 5.74) is 0. The monoisotopic (exact) mass is 1220 g/mol. The second-order valence-electron chi connectivity index (χ2n) is 24.2. The van der Waals surface area contributed by atoms with E-state index < -0.39 is 178 Å². The van der Waals surface area contributed by atoms with Gasteiger partial charge in [-0.25, -0.2) is 0 Å². The van der Waals surface area contributed by atoms with Crippen LogP contribution in [0.3, 0.4) is 0 Å². The lowest BCUT2D eigenvalue weighted by molar-refractivity contribution is -0.395. The lowest BCUT2D eigenvalue weighted by Gasteiger charge is -2.50. The van der Waals surface area contributed by atoms with Gasteiger partial charge in [-0.05, 0) is 53.4 Å². The van der Waals surface area contributed by atoms with Crippen molar-refractivity contribution in [2.75, 3.05) is 6.61 Å². The van der Waals surface area contributed by atoms with Crippen LogP contribution < -0.4 is 0 Å². The van der Waals surface area contributed by atoms with Crippen molar-refractivity contribution in [3.8, 4) is 0 Å². The summed E-state index contributed by atoms with van der Waals surface area (Å²) < 4.78 is 80.4. The number of hydrogen-bond acceptors (Lipinski definition) is 25. The maximum atomic E-state index is 13.9. The smallest absolute Gasteiger partial charge is 0.306 e. The summed E-state index contributed by atoms with van der Waals surface area (Å²) in [5, 5.41) is 102. The fraction of sp³-hybridized carbons (Fsp3) is 0.950. The van der Waals surface area contributed by atoms with Crippen molar-refractivity contribution in [2.45, 2.75) is 356 Å². The van der Waals surface area contributed by atoms with Gasteiger partial charge in [-0.15, -0.1) is 0 Å². The number of aliphatic hydroxyl groups excluding tert-OH is 9. The lowest BCUT2D eigenvalue weighted by atomic mass is 9.95. The number of carbonyl (C=O) groups is 3. The third kappa shape index (κ3) is 20.3. The summed E-state index contributed by atoms with van der Waals surface area (Å²) in [4.78, 5) is 39.9. The molecule has 0 saturated carbocycles. The zero-order chi connectivity index (χ0) is 61.9. The molecule has 0 aromatic rings. The standard InChI is InChI=1S/C60H104O25/c1-8-10-12-13-14-15-18-21-25-29-39(63)80-53-47(71)51(83-60-55(46(70)49(33(4)74-60)77-36(7)62)84-56-45(69)43(67)42(66)38(31-61)79-56)34(5)75-58(53)82-50-35(6)76-59-54(48(50)72)81-40(64)30-26-22-19-16-17-20-24-28-37(27-23-11-9-2)78-57-52(85-59)44(68)41(65)32(3)73-57/h32-35,37-38,41-61,65-72H,8-31H2,1-7H3/t32-,33+,34+,35+,37?,38-,41-,42-,43+,44+,45-,46-,47-,48-,49+,50+,51+,52-,53-,54-,55-,56+,57+,58+,59-,60+/m1/s1. The van der Waals surface area contributed by atoms with Crippen molar-refractivity contribution < 1.29 is 122 Å². The lowest BCUT2D eigenvalue weighted by Crippen LogP contribution is -2.67. The first-order chi connectivity index (χ1) is 40.7. The second-order valence-corrected chi connectivity index (χ2v) is 24.2. The van der Waals surface area contributed by atoms with Crippen LogP contribution in [0, 0.1) is 0 Å². The summed E-state index contributed by atoms with van der Waals surface area (Å²) in [6.45, 7) is 10.7. The Hall–Kier alpha value is -2.35. The van der Waals surface area contributed by atoms with Gasteiger partial charge in [0.25, 0.3) is 0 Å². The Labute approximate surface area is 500 Å². The molecule has 494 valence electrons. The van der Waals surface area contributed by atoms with Crippen molar-refractivity contribution in [3.63, 3.8) is 0 Å². The normalized spacial score (nSPS) is 42.0. The van der Waals surface area contributed by atoms with Gasteiger partial charge >= 0.3 is 17.9 Å². The molecule has 85 heavy (non-hydrogen) atoms. The average molecular weight is 1230 g/mol. The van der Waals surface area contributed by atoms with Gasteiger partial charge in [0.05, 0.1) is 37.1 Å². The molecular weight excluding hydrogens is 1120 g/mol. The van der Waals surface area contributed by atoms with Crippen LogP contribution >= 0.6 is 0 Å². The summed E-state index contributed by atoms with van der Waals surface area (Å²) in [6, 6.07) is 0. The van der Waals surface area contributed by atoms with Gasteiger partial charge in [0.15, 0.2) is 49.8 Å². The SMILES string of the molecule is CCCCCCCCCCCC(=O)O[C@H]1[C@H](O[C@@H]2[C@@H](O)[C@H]3OC(=O)CCCCCCCCCC(CCCCC)O[C@@H]4O[C@H](C)[C@@H](O)[C@H](O)[C@H]4O[C@H]3O[C@H]2C)O[C@@H](C)[C@H](O[C@@H]2O[C@@H](C)[C@H](OC(C)=O)[C@@H](O)[C@H]2O[C@@H]2O[C@H](CO)[C@@H](O)[C@H](O)[C@H]2O)[C@H]1O. The summed E-state index contributed by atoms with van der Waals surface area (Å²) >= 11 is 0. The van der Waals surface area contributed by atoms with Crippen LogP contribution in [0.15, 0.2) is 0 Å². The van der Waals surface area contributed by atoms with Crippen LogP contribution in [0.25, 0.3) is 0 Å². The Kier molecular flexibility index (Phi) is 30.3. The minimum Gasteiger partial charge on any atom is -0.457 e. The Morgan fingerprint density at radius 1 is 0.471 bits per heavy atom. The highest BCUT2D eigenvalue weighted by Crippen LogP contribution is 2.39. The predicted octanol–water partition coefficient (Wildman–Crippen LogP) is 3.28. The zero-order valence-electron chi connectivity index (χ0n) is 51.0. The predicted molar refractivity (Wildman–Crippen MR) is 298 cm³/mol. The fourth-order valence-electron chi connectivity index (χ4n) is 12.1. The average Bonchev–Trinajstić information content (AvgIpc) is 2.63. The van der Waals surface area contributed by atoms with Gasteiger partial charge in [-0.2, -0.15) is 0 Å². The Balaban J connectivity index is 1.27. The number of fused-ring (bicyclic) bond motifs is 2. The molecule has 6 aliphatic rings. The molecule has 6 rings (SSSR count). The van der Waals surface area contributed by atoms with Crippen molar-refractivity contribution in [3.05, 3.63) is 0 Å². The topological polar surface area (TPSA) is 353 Å². The van der Waals surface area contributed by atoms with E-state index in [0.717, 1.165) is 122 Å². The van der Waals surface area contributed by atoms with E-state index in [4.69, 9.17) is 61.6 Å². The Bertz CT molecular complexity index is 1940. The maximum absolute atomic E-state index is 13.9. The quantitative estimate of drug-likeness (QED) is 0.0403. The molecule has 0 bridgehead atoms. The molecular formula is C60H104O25. The van der Waals surface area contributed by atoms with Crippen molar-refractivity contribution in [1.29, 1.82) is 0 Å². The molecule has 0 radical (unpaired) electrons. The number of ether oxygens (including phenoxy) is 13. The highest BCUT2D eigenvalue weighted by molar-refractivity contribution is 5.70. The second kappa shape index (κ2) is 35.9. The van der Waals surface area contributed by atoms with E-state index in [2.05, 4.69) is 13.8 Å². The third-order valence-electron chi connectivity index (χ3n) is 17.2. The molecule has 26 atom stereocenters. The molecule has 0 aliphatic carbocycles. The third-order valence-corrected chi connectivity index (χ3v) is 17.2. The van der Waals surface area contributed by atoms with E-state index in [1.54, 1.807) is 6.92 Å². The molecule has 6 heterocycles. The number of esters is 3. The van der Waals surface area contributed by atoms with Crippen LogP contribution in [-0.4, -0.2) is 230 Å². The first-order valence-electron chi connectivity index (χ1n) is 31.8. The molecule has 25 nitrogen and oxygen atoms in total. The van der Waals surface area contributed by atoms with E-state index in [-0.39, 0.29) is 18.9 Å². The Morgan fingerprint density at radius 2 is 1.00 bits per heavy atom. The van der Waals surface area contributed by atoms with Gasteiger partial charge in [0.1, 0.15) is 79.4 Å². The van der Waals surface area contributed by atoms with Gasteiger partial charge in [0, 0.05) is 19.8 Å². The fourth-order valence-corrected chi connectivity index (χ4v) is 12.1. The van der Waals surface area contributed by atoms with E-state index in [1.807, 2.05) is 0 Å². The van der Waals surface area contributed by atoms with Gasteiger partial charge in [-0.1, -0.05) is 123 Å². The first-order valence-corrected chi connectivity index (χ1v) is 31.8. The van der Waals surface area contributed by atoms with Crippen LogP contribution in [-0.2, 0) is 76.0 Å². The van der Waals surface area contributed by atoms with Crippen LogP contribution in [0.4, 0.5) is 0 Å². The van der Waals surface area contributed by atoms with E-state index in [1.165, 1.54) is 27.2 Å². The summed E-state index contributed by atoms with van der Waals surface area (Å²) in [6.07, 6.45) is -20.2. The first kappa shape index (κ1) is 71.7. The highest BCUT2D eigenvalue weighted by Gasteiger charge is 2.58. The Morgan fingerprint density at radius 3 is 1.65 bits per heavy atom. The molecule has 6 aliphatic heterocycles.